The molecule has 0 saturated carbocycles. The lowest BCUT2D eigenvalue weighted by molar-refractivity contribution is -0.145. The molecule has 1 saturated heterocycles. The number of hydrogen-bond donors (Lipinski definition) is 2. The minimum Gasteiger partial charge on any atom is -0.444 e. The molecule has 5 nitrogen and oxygen atoms in total. The highest BCUT2D eigenvalue weighted by Gasteiger charge is 2.43. The average Bonchev–Trinajstić information content (AvgIpc) is 2.19. The Kier molecular flexibility index (Phi) is 4.99. The highest BCUT2D eigenvalue weighted by Crippen LogP contribution is 2.38. The molecule has 106 valence electrons. The van der Waals surface area contributed by atoms with Crippen LogP contribution in [-0.4, -0.2) is 38.0 Å². The summed E-state index contributed by atoms with van der Waals surface area (Å²) in [4.78, 5) is 11.6. The zero-order chi connectivity index (χ0) is 13.8. The van der Waals surface area contributed by atoms with Crippen molar-refractivity contribution >= 4 is 6.09 Å². The molecule has 0 bridgehead atoms. The van der Waals surface area contributed by atoms with Gasteiger partial charge in [0, 0.05) is 12.0 Å². The Bertz CT molecular complexity index is 277. The molecular weight excluding hydrogens is 232 g/mol. The molecule has 18 heavy (non-hydrogen) atoms. The predicted molar refractivity (Wildman–Crippen MR) is 70.3 cm³/mol. The van der Waals surface area contributed by atoms with Crippen LogP contribution in [-0.2, 0) is 9.47 Å². The molecule has 1 heterocycles. The van der Waals surface area contributed by atoms with Crippen LogP contribution in [0.25, 0.3) is 0 Å². The van der Waals surface area contributed by atoms with Crippen LogP contribution in [0.4, 0.5) is 4.79 Å². The van der Waals surface area contributed by atoms with Crippen molar-refractivity contribution in [3.8, 4) is 0 Å². The number of amides is 1. The molecule has 1 aliphatic heterocycles. The van der Waals surface area contributed by atoms with E-state index in [0.717, 1.165) is 19.6 Å². The van der Waals surface area contributed by atoms with Crippen molar-refractivity contribution in [1.82, 2.24) is 5.32 Å². The Morgan fingerprint density at radius 3 is 2.44 bits per heavy atom. The Morgan fingerprint density at radius 1 is 1.50 bits per heavy atom. The van der Waals surface area contributed by atoms with Crippen LogP contribution in [0, 0.1) is 11.3 Å². The molecule has 0 radical (unpaired) electrons. The molecule has 1 amide bonds. The highest BCUT2D eigenvalue weighted by atomic mass is 16.6. The highest BCUT2D eigenvalue weighted by molar-refractivity contribution is 5.67. The normalized spacial score (nSPS) is 19.8. The van der Waals surface area contributed by atoms with E-state index in [1.807, 2.05) is 20.8 Å². The first-order chi connectivity index (χ1) is 8.33. The van der Waals surface area contributed by atoms with E-state index in [0.29, 0.717) is 13.1 Å². The molecular formula is C13H26N2O3. The summed E-state index contributed by atoms with van der Waals surface area (Å²) < 4.78 is 10.5. The van der Waals surface area contributed by atoms with E-state index >= 15 is 0 Å². The van der Waals surface area contributed by atoms with Crippen molar-refractivity contribution in [3.63, 3.8) is 0 Å². The van der Waals surface area contributed by atoms with Crippen molar-refractivity contribution in [1.29, 1.82) is 0 Å². The third kappa shape index (κ3) is 3.85. The van der Waals surface area contributed by atoms with Gasteiger partial charge in [0.2, 0.25) is 0 Å². The molecule has 1 fully saturated rings. The van der Waals surface area contributed by atoms with E-state index in [2.05, 4.69) is 12.2 Å². The van der Waals surface area contributed by atoms with E-state index in [1.165, 1.54) is 0 Å². The predicted octanol–water partition coefficient (Wildman–Crippen LogP) is 1.51. The number of ether oxygens (including phenoxy) is 2. The van der Waals surface area contributed by atoms with E-state index in [1.54, 1.807) is 0 Å². The van der Waals surface area contributed by atoms with E-state index in [9.17, 15) is 4.79 Å². The van der Waals surface area contributed by atoms with Gasteiger partial charge < -0.3 is 20.5 Å². The molecule has 1 atom stereocenters. The number of carbonyl (C=O) groups is 1. The smallest absolute Gasteiger partial charge is 0.407 e. The lowest BCUT2D eigenvalue weighted by Crippen LogP contribution is -2.54. The Morgan fingerprint density at radius 2 is 2.11 bits per heavy atom. The number of alkyl carbamates (subject to hydrolysis) is 1. The second-order valence-corrected chi connectivity index (χ2v) is 6.02. The summed E-state index contributed by atoms with van der Waals surface area (Å²) in [5.41, 5.74) is 5.47. The fourth-order valence-electron chi connectivity index (χ4n) is 2.16. The topological polar surface area (TPSA) is 73.6 Å². The molecule has 1 aliphatic rings. The zero-order valence-electron chi connectivity index (χ0n) is 11.9. The second-order valence-electron chi connectivity index (χ2n) is 6.02. The van der Waals surface area contributed by atoms with Gasteiger partial charge >= 0.3 is 6.09 Å². The summed E-state index contributed by atoms with van der Waals surface area (Å²) in [5, 5.41) is 2.80. The van der Waals surface area contributed by atoms with E-state index < -0.39 is 5.60 Å². The van der Waals surface area contributed by atoms with Crippen molar-refractivity contribution < 1.29 is 14.3 Å². The molecule has 0 aromatic rings. The second kappa shape index (κ2) is 5.89. The standard InChI is InChI=1S/C13H26N2O3/c1-5-13(8-17-9-13)10(6-14)7-15-11(16)18-12(2,3)4/h10H,5-9,14H2,1-4H3,(H,15,16). The maximum absolute atomic E-state index is 11.6. The average molecular weight is 258 g/mol. The number of hydrogen-bond acceptors (Lipinski definition) is 4. The number of nitrogens with two attached hydrogens (primary N) is 1. The summed E-state index contributed by atoms with van der Waals surface area (Å²) >= 11 is 0. The molecule has 3 N–H and O–H groups in total. The van der Waals surface area contributed by atoms with E-state index in [-0.39, 0.29) is 17.4 Å². The third-order valence-electron chi connectivity index (χ3n) is 3.53. The van der Waals surface area contributed by atoms with Gasteiger partial charge in [0.1, 0.15) is 5.60 Å². The number of rotatable bonds is 5. The summed E-state index contributed by atoms with van der Waals surface area (Å²) in [6.45, 7) is 10.2. The molecule has 0 spiro atoms. The maximum Gasteiger partial charge on any atom is 0.407 e. The first kappa shape index (κ1) is 15.2. The van der Waals surface area contributed by atoms with Gasteiger partial charge in [-0.25, -0.2) is 4.79 Å². The maximum atomic E-state index is 11.6. The van der Waals surface area contributed by atoms with Gasteiger partial charge in [-0.15, -0.1) is 0 Å². The van der Waals surface area contributed by atoms with Crippen LogP contribution in [0.1, 0.15) is 34.1 Å². The fourth-order valence-corrected chi connectivity index (χ4v) is 2.16. The van der Waals surface area contributed by atoms with Crippen molar-refractivity contribution in [2.24, 2.45) is 17.1 Å². The molecule has 1 unspecified atom stereocenters. The Hall–Kier alpha value is -0.810. The Balaban J connectivity index is 2.43. The summed E-state index contributed by atoms with van der Waals surface area (Å²) in [6.07, 6.45) is 0.637. The molecule has 0 aliphatic carbocycles. The largest absolute Gasteiger partial charge is 0.444 e. The number of carbonyl (C=O) groups excluding carboxylic acids is 1. The summed E-state index contributed by atoms with van der Waals surface area (Å²) in [7, 11) is 0. The van der Waals surface area contributed by atoms with Crippen molar-refractivity contribution in [3.05, 3.63) is 0 Å². The SMILES string of the molecule is CCC1(C(CN)CNC(=O)OC(C)(C)C)COC1. The molecule has 1 rings (SSSR count). The minimum absolute atomic E-state index is 0.129. The lowest BCUT2D eigenvalue weighted by Gasteiger charge is -2.46. The first-order valence-corrected chi connectivity index (χ1v) is 6.57. The Labute approximate surface area is 109 Å². The quantitative estimate of drug-likeness (QED) is 0.784. The lowest BCUT2D eigenvalue weighted by atomic mass is 9.71. The van der Waals surface area contributed by atoms with Gasteiger partial charge in [0.15, 0.2) is 0 Å². The first-order valence-electron chi connectivity index (χ1n) is 6.57. The monoisotopic (exact) mass is 258 g/mol. The number of nitrogens with one attached hydrogen (secondary N) is 1. The van der Waals surface area contributed by atoms with Gasteiger partial charge in [0.05, 0.1) is 13.2 Å². The molecule has 0 aromatic heterocycles. The summed E-state index contributed by atoms with van der Waals surface area (Å²) in [6, 6.07) is 0. The van der Waals surface area contributed by atoms with Crippen LogP contribution in [0.15, 0.2) is 0 Å². The summed E-state index contributed by atoms with van der Waals surface area (Å²) in [5.74, 6) is 0.240. The van der Waals surface area contributed by atoms with Crippen molar-refractivity contribution in [2.45, 2.75) is 39.7 Å². The van der Waals surface area contributed by atoms with Crippen LogP contribution >= 0.6 is 0 Å². The van der Waals surface area contributed by atoms with Crippen LogP contribution in [0.2, 0.25) is 0 Å². The van der Waals surface area contributed by atoms with Gasteiger partial charge in [-0.1, -0.05) is 6.92 Å². The van der Waals surface area contributed by atoms with Crippen molar-refractivity contribution in [2.75, 3.05) is 26.3 Å². The van der Waals surface area contributed by atoms with Crippen LogP contribution in [0.3, 0.4) is 0 Å². The fraction of sp³-hybridized carbons (Fsp3) is 0.923. The zero-order valence-corrected chi connectivity index (χ0v) is 11.9. The van der Waals surface area contributed by atoms with Gasteiger partial charge in [-0.3, -0.25) is 0 Å². The molecule has 0 aromatic carbocycles. The van der Waals surface area contributed by atoms with Crippen LogP contribution < -0.4 is 11.1 Å². The van der Waals surface area contributed by atoms with Crippen LogP contribution in [0.5, 0.6) is 0 Å². The van der Waals surface area contributed by atoms with E-state index in [4.69, 9.17) is 15.2 Å². The van der Waals surface area contributed by atoms with Gasteiger partial charge in [0.25, 0.3) is 0 Å². The molecule has 5 heteroatoms. The van der Waals surface area contributed by atoms with Gasteiger partial charge in [-0.2, -0.15) is 0 Å². The third-order valence-corrected chi connectivity index (χ3v) is 3.53. The van der Waals surface area contributed by atoms with Gasteiger partial charge in [-0.05, 0) is 39.7 Å². The minimum atomic E-state index is -0.468.